The Balaban J connectivity index is 1.25. The molecule has 3 N–H and O–H groups in total. The van der Waals surface area contributed by atoms with Gasteiger partial charge in [-0.05, 0) is 48.6 Å². The van der Waals surface area contributed by atoms with Crippen LogP contribution in [-0.2, 0) is 23.0 Å². The number of fused-ring (bicyclic) bond motifs is 1. The molecule has 11 heteroatoms. The molecule has 1 aromatic carbocycles. The van der Waals surface area contributed by atoms with Crippen LogP contribution in [0.1, 0.15) is 53.6 Å². The van der Waals surface area contributed by atoms with E-state index in [1.54, 1.807) is 24.4 Å². The largest absolute Gasteiger partial charge is 0.337 e. The van der Waals surface area contributed by atoms with E-state index in [4.69, 9.17) is 0 Å². The van der Waals surface area contributed by atoms with E-state index >= 15 is 0 Å². The van der Waals surface area contributed by atoms with E-state index in [0.29, 0.717) is 12.0 Å². The van der Waals surface area contributed by atoms with Crippen LogP contribution in [0.3, 0.4) is 0 Å². The molecule has 0 bridgehead atoms. The third-order valence-electron chi connectivity index (χ3n) is 6.05. The van der Waals surface area contributed by atoms with Crippen LogP contribution in [0.2, 0.25) is 0 Å². The summed E-state index contributed by atoms with van der Waals surface area (Å²) in [6.45, 7) is 0.474. The van der Waals surface area contributed by atoms with Gasteiger partial charge < -0.3 is 10.6 Å². The van der Waals surface area contributed by atoms with Crippen molar-refractivity contribution in [3.63, 3.8) is 0 Å². The summed E-state index contributed by atoms with van der Waals surface area (Å²) in [5.41, 5.74) is 1.98. The van der Waals surface area contributed by atoms with Gasteiger partial charge in [0.1, 0.15) is 0 Å². The van der Waals surface area contributed by atoms with Gasteiger partial charge in [-0.1, -0.05) is 31.4 Å². The van der Waals surface area contributed by atoms with Gasteiger partial charge in [-0.15, -0.1) is 0 Å². The number of benzene rings is 1. The quantitative estimate of drug-likeness (QED) is 0.574. The van der Waals surface area contributed by atoms with E-state index in [9.17, 15) is 22.8 Å². The third kappa shape index (κ3) is 5.53. The third-order valence-corrected chi connectivity index (χ3v) is 7.40. The molecule has 0 unspecified atom stereocenters. The number of hydrogen-bond acceptors (Lipinski definition) is 6. The molecule has 1 saturated carbocycles. The number of aromatic nitrogens is 1. The number of pyridine rings is 1. The smallest absolute Gasteiger partial charge is 0.328 e. The molecule has 5 amide bonds. The van der Waals surface area contributed by atoms with Gasteiger partial charge >= 0.3 is 12.1 Å². The van der Waals surface area contributed by atoms with E-state index in [2.05, 4.69) is 20.3 Å². The number of carbonyl (C=O) groups excluding carboxylic acids is 3. The fourth-order valence-corrected chi connectivity index (χ4v) is 5.11. The first-order valence-electron chi connectivity index (χ1n) is 11.3. The van der Waals surface area contributed by atoms with Gasteiger partial charge in [0.05, 0.1) is 17.0 Å². The first kappa shape index (κ1) is 23.7. The molecule has 34 heavy (non-hydrogen) atoms. The number of amides is 5. The van der Waals surface area contributed by atoms with Crippen LogP contribution in [-0.4, -0.2) is 48.9 Å². The van der Waals surface area contributed by atoms with Crippen molar-refractivity contribution in [2.24, 2.45) is 0 Å². The normalized spacial score (nSPS) is 16.1. The van der Waals surface area contributed by atoms with Crippen LogP contribution in [0.25, 0.3) is 0 Å². The lowest BCUT2D eigenvalue weighted by atomic mass is 9.96. The average Bonchev–Trinajstić information content (AvgIpc) is 3.16. The summed E-state index contributed by atoms with van der Waals surface area (Å²) in [4.78, 5) is 41.9. The molecule has 0 atom stereocenters. The second-order valence-electron chi connectivity index (χ2n) is 8.46. The van der Waals surface area contributed by atoms with Gasteiger partial charge in [0.2, 0.25) is 0 Å². The van der Waals surface area contributed by atoms with Gasteiger partial charge in [0.25, 0.3) is 15.9 Å². The van der Waals surface area contributed by atoms with Crippen LogP contribution < -0.4 is 15.4 Å². The minimum atomic E-state index is -3.99. The second-order valence-corrected chi connectivity index (χ2v) is 10.1. The standard InChI is InChI=1S/C23H27N5O5S/c29-21-20-14-24-12-11-17(20)15-28(21)23(31)25-13-10-16-6-8-19(9-7-16)34(32,33)27-22(30)26-18-4-2-1-3-5-18/h6-9,11-12,14,18H,1-5,10,13,15H2,(H,25,31)(H2,26,27,30). The molecule has 10 nitrogen and oxygen atoms in total. The molecule has 1 aliphatic heterocycles. The summed E-state index contributed by atoms with van der Waals surface area (Å²) < 4.78 is 27.1. The highest BCUT2D eigenvalue weighted by atomic mass is 32.2. The lowest BCUT2D eigenvalue weighted by Crippen LogP contribution is -2.45. The SMILES string of the molecule is O=C(NC1CCCCC1)NS(=O)(=O)c1ccc(CCNC(=O)N2Cc3ccncc3C2=O)cc1. The molecule has 2 aromatic rings. The van der Waals surface area contributed by atoms with E-state index < -0.39 is 22.1 Å². The Morgan fingerprint density at radius 3 is 2.50 bits per heavy atom. The van der Waals surface area contributed by atoms with Gasteiger partial charge in [-0.3, -0.25) is 14.7 Å². The maximum absolute atomic E-state index is 12.5. The number of nitrogens with one attached hydrogen (secondary N) is 3. The molecule has 1 aromatic heterocycles. The Morgan fingerprint density at radius 2 is 1.79 bits per heavy atom. The van der Waals surface area contributed by atoms with Crippen LogP contribution in [0, 0.1) is 0 Å². The van der Waals surface area contributed by atoms with Crippen molar-refractivity contribution in [2.75, 3.05) is 6.54 Å². The lowest BCUT2D eigenvalue weighted by molar-refractivity contribution is 0.0820. The summed E-state index contributed by atoms with van der Waals surface area (Å²) in [5, 5.41) is 5.44. The molecule has 1 aliphatic carbocycles. The van der Waals surface area contributed by atoms with Gasteiger partial charge in [-0.25, -0.2) is 22.7 Å². The van der Waals surface area contributed by atoms with E-state index in [-0.39, 0.29) is 29.9 Å². The number of imide groups is 1. The number of rotatable bonds is 6. The Bertz CT molecular complexity index is 1180. The van der Waals surface area contributed by atoms with Crippen LogP contribution in [0.15, 0.2) is 47.6 Å². The summed E-state index contributed by atoms with van der Waals surface area (Å²) in [6, 6.07) is 6.60. The van der Waals surface area contributed by atoms with Crippen LogP contribution >= 0.6 is 0 Å². The summed E-state index contributed by atoms with van der Waals surface area (Å²) >= 11 is 0. The molecular formula is C23H27N5O5S. The van der Waals surface area contributed by atoms with Crippen molar-refractivity contribution >= 4 is 28.0 Å². The Morgan fingerprint density at radius 1 is 1.06 bits per heavy atom. The van der Waals surface area contributed by atoms with E-state index in [0.717, 1.165) is 48.1 Å². The number of sulfonamides is 1. The highest BCUT2D eigenvalue weighted by Crippen LogP contribution is 2.21. The molecule has 2 heterocycles. The molecule has 0 radical (unpaired) electrons. The molecule has 180 valence electrons. The maximum Gasteiger partial charge on any atom is 0.328 e. The van der Waals surface area contributed by atoms with Crippen LogP contribution in [0.4, 0.5) is 9.59 Å². The molecular weight excluding hydrogens is 458 g/mol. The Kier molecular flexibility index (Phi) is 7.11. The fraction of sp³-hybridized carbons (Fsp3) is 0.391. The number of nitrogens with zero attached hydrogens (tertiary/aromatic N) is 2. The monoisotopic (exact) mass is 485 g/mol. The molecule has 0 saturated heterocycles. The maximum atomic E-state index is 12.5. The predicted octanol–water partition coefficient (Wildman–Crippen LogP) is 2.31. The van der Waals surface area contributed by atoms with Crippen molar-refractivity contribution in [3.8, 4) is 0 Å². The van der Waals surface area contributed by atoms with E-state index in [1.807, 2.05) is 0 Å². The Labute approximate surface area is 198 Å². The number of urea groups is 2. The van der Waals surface area contributed by atoms with Crippen molar-refractivity contribution in [1.82, 2.24) is 25.2 Å². The first-order chi connectivity index (χ1) is 16.3. The van der Waals surface area contributed by atoms with Gasteiger partial charge in [-0.2, -0.15) is 0 Å². The van der Waals surface area contributed by atoms with Gasteiger partial charge in [0, 0.05) is 25.0 Å². The predicted molar refractivity (Wildman–Crippen MR) is 123 cm³/mol. The second kappa shape index (κ2) is 10.2. The zero-order valence-electron chi connectivity index (χ0n) is 18.6. The summed E-state index contributed by atoms with van der Waals surface area (Å²) in [6.07, 6.45) is 8.38. The first-order valence-corrected chi connectivity index (χ1v) is 12.8. The Hall–Kier alpha value is -3.47. The molecule has 0 spiro atoms. The van der Waals surface area contributed by atoms with Crippen molar-refractivity contribution < 1.29 is 22.8 Å². The fourth-order valence-electron chi connectivity index (χ4n) is 4.19. The zero-order valence-corrected chi connectivity index (χ0v) is 19.4. The highest BCUT2D eigenvalue weighted by molar-refractivity contribution is 7.90. The minimum absolute atomic E-state index is 0.00298. The van der Waals surface area contributed by atoms with Crippen molar-refractivity contribution in [1.29, 1.82) is 0 Å². The topological polar surface area (TPSA) is 138 Å². The molecule has 1 fully saturated rings. The summed E-state index contributed by atoms with van der Waals surface area (Å²) in [7, 11) is -3.99. The highest BCUT2D eigenvalue weighted by Gasteiger charge is 2.31. The van der Waals surface area contributed by atoms with Crippen molar-refractivity contribution in [3.05, 3.63) is 59.4 Å². The summed E-state index contributed by atoms with van der Waals surface area (Å²) in [5.74, 6) is -0.379. The van der Waals surface area contributed by atoms with E-state index in [1.165, 1.54) is 18.3 Å². The molecule has 2 aliphatic rings. The lowest BCUT2D eigenvalue weighted by Gasteiger charge is -2.22. The molecule has 4 rings (SSSR count). The van der Waals surface area contributed by atoms with Gasteiger partial charge in [0.15, 0.2) is 0 Å². The van der Waals surface area contributed by atoms with Crippen LogP contribution in [0.5, 0.6) is 0 Å². The minimum Gasteiger partial charge on any atom is -0.337 e. The number of hydrogen-bond donors (Lipinski definition) is 3. The van der Waals surface area contributed by atoms with Crippen molar-refractivity contribution in [2.45, 2.75) is 56.0 Å². The zero-order chi connectivity index (χ0) is 24.1. The average molecular weight is 486 g/mol. The number of carbonyl (C=O) groups is 3.